The SMILES string of the molecule is C#CCOCCOCCOCCNc1nc(N2CCN(C(=O)[C@@H](Cc3cc4ccccc4[nH]3)n3cc([C@@H](N)CC(C)C)nn3)CC2)nc(N2CCN(C(=O)[C@H](Cc3ccc(O)cc3)n3cc([C@@H](N)CC(C)C)nn3)CC2)n1. The van der Waals surface area contributed by atoms with Gasteiger partial charge in [-0.05, 0) is 59.9 Å². The number of aromatic hydroxyl groups is 1. The van der Waals surface area contributed by atoms with Crippen LogP contribution < -0.4 is 26.6 Å². The Bertz CT molecular complexity index is 2810. The lowest BCUT2D eigenvalue weighted by Crippen LogP contribution is -2.52. The number of benzene rings is 2. The normalized spacial score (nSPS) is 15.8. The number of phenols is 1. The summed E-state index contributed by atoms with van der Waals surface area (Å²) < 4.78 is 19.9. The van der Waals surface area contributed by atoms with Crippen molar-refractivity contribution < 1.29 is 28.9 Å². The molecule has 2 aliphatic rings. The highest BCUT2D eigenvalue weighted by atomic mass is 16.5. The zero-order valence-corrected chi connectivity index (χ0v) is 44.8. The molecule has 2 saturated heterocycles. The van der Waals surface area contributed by atoms with E-state index in [1.165, 1.54) is 0 Å². The van der Waals surface area contributed by atoms with E-state index in [1.54, 1.807) is 27.7 Å². The summed E-state index contributed by atoms with van der Waals surface area (Å²) in [6.45, 7) is 14.5. The van der Waals surface area contributed by atoms with Crippen LogP contribution in [0.3, 0.4) is 0 Å². The number of para-hydroxylation sites is 1. The molecule has 0 aliphatic carbocycles. The van der Waals surface area contributed by atoms with Crippen LogP contribution in [0.4, 0.5) is 17.8 Å². The summed E-state index contributed by atoms with van der Waals surface area (Å²) in [7, 11) is 0. The second-order valence-corrected chi connectivity index (χ2v) is 20.5. The fraction of sp³-hybridized carbons (Fsp3) is 0.537. The van der Waals surface area contributed by atoms with Gasteiger partial charge in [0.2, 0.25) is 29.7 Å². The number of H-pyrrole nitrogens is 1. The minimum absolute atomic E-state index is 0.0739. The number of hydrogen-bond acceptors (Lipinski definition) is 18. The fourth-order valence-electron chi connectivity index (χ4n) is 9.57. The van der Waals surface area contributed by atoms with Crippen molar-refractivity contribution in [1.29, 1.82) is 0 Å². The smallest absolute Gasteiger partial charge is 0.248 e. The molecule has 0 spiro atoms. The number of fused-ring (bicyclic) bond motifs is 1. The summed E-state index contributed by atoms with van der Waals surface area (Å²) in [5.74, 6) is 4.41. The lowest BCUT2D eigenvalue weighted by molar-refractivity contribution is -0.136. The Labute approximate surface area is 450 Å². The van der Waals surface area contributed by atoms with Gasteiger partial charge in [0.1, 0.15) is 24.4 Å². The molecule has 2 aliphatic heterocycles. The standard InChI is InChI=1S/C54H75N17O6/c1-6-24-75-26-28-77-29-27-76-25-15-57-52-59-53(68-20-16-66(17-21-68)50(73)48(32-39-11-13-42(72)14-12-39)70-35-46(62-64-70)43(55)30-37(2)3)61-54(60-52)69-22-18-67(19-23-69)51(74)49(34-41-33-40-9-7-8-10-45(40)58-41)71-36-47(63-65-71)44(56)31-38(4)5/h1,7-14,33,35-38,43-44,48-49,58,72H,15-32,34,55-56H2,2-5H3,(H,57,59,60,61)/t43-,44-,48-,49+/m0/s1. The minimum Gasteiger partial charge on any atom is -0.508 e. The van der Waals surface area contributed by atoms with Gasteiger partial charge in [0.15, 0.2) is 0 Å². The quantitative estimate of drug-likeness (QED) is 0.0363. The number of aromatic nitrogens is 10. The van der Waals surface area contributed by atoms with E-state index in [1.807, 2.05) is 52.4 Å². The zero-order chi connectivity index (χ0) is 54.3. The summed E-state index contributed by atoms with van der Waals surface area (Å²) in [6.07, 6.45) is 11.0. The highest BCUT2D eigenvalue weighted by Crippen LogP contribution is 2.27. The zero-order valence-electron chi connectivity index (χ0n) is 44.8. The molecule has 4 atom stereocenters. The molecule has 23 heteroatoms. The lowest BCUT2D eigenvalue weighted by Gasteiger charge is -2.38. The van der Waals surface area contributed by atoms with Gasteiger partial charge in [-0.15, -0.1) is 16.6 Å². The Kier molecular flexibility index (Phi) is 19.8. The van der Waals surface area contributed by atoms with Crippen LogP contribution in [0.2, 0.25) is 0 Å². The van der Waals surface area contributed by atoms with Crippen LogP contribution in [-0.4, -0.2) is 175 Å². The van der Waals surface area contributed by atoms with E-state index < -0.39 is 12.1 Å². The number of ether oxygens (including phenoxy) is 3. The van der Waals surface area contributed by atoms with Gasteiger partial charge >= 0.3 is 0 Å². The monoisotopic (exact) mass is 1060 g/mol. The molecule has 77 heavy (non-hydrogen) atoms. The van der Waals surface area contributed by atoms with Crippen molar-refractivity contribution in [3.63, 3.8) is 0 Å². The summed E-state index contributed by atoms with van der Waals surface area (Å²) in [4.78, 5) is 55.4. The predicted molar refractivity (Wildman–Crippen MR) is 292 cm³/mol. The third-order valence-corrected chi connectivity index (χ3v) is 13.7. The van der Waals surface area contributed by atoms with Gasteiger partial charge in [0.25, 0.3) is 0 Å². The van der Waals surface area contributed by atoms with Crippen LogP contribution in [0.15, 0.2) is 67.0 Å². The van der Waals surface area contributed by atoms with Crippen molar-refractivity contribution in [3.8, 4) is 18.1 Å². The van der Waals surface area contributed by atoms with Crippen LogP contribution in [0.5, 0.6) is 5.75 Å². The Balaban J connectivity index is 0.960. The first-order chi connectivity index (χ1) is 37.3. The number of amides is 2. The maximum Gasteiger partial charge on any atom is 0.248 e. The predicted octanol–water partition coefficient (Wildman–Crippen LogP) is 3.69. The molecule has 0 radical (unpaired) electrons. The van der Waals surface area contributed by atoms with E-state index in [0.717, 1.165) is 35.0 Å². The molecule has 0 unspecified atom stereocenters. The minimum atomic E-state index is -0.698. The van der Waals surface area contributed by atoms with E-state index in [9.17, 15) is 14.7 Å². The Morgan fingerprint density at radius 3 is 1.75 bits per heavy atom. The van der Waals surface area contributed by atoms with Crippen LogP contribution >= 0.6 is 0 Å². The first kappa shape index (κ1) is 56.0. The van der Waals surface area contributed by atoms with Crippen molar-refractivity contribution in [3.05, 3.63) is 89.6 Å². The number of aromatic amines is 1. The molecule has 0 bridgehead atoms. The van der Waals surface area contributed by atoms with Gasteiger partial charge in [0, 0.05) is 83.0 Å². The number of carbonyl (C=O) groups is 2. The summed E-state index contributed by atoms with van der Waals surface area (Å²) in [5, 5.41) is 32.1. The molecule has 7 N–H and O–H groups in total. The Morgan fingerprint density at radius 1 is 0.701 bits per heavy atom. The molecular formula is C54H75N17O6. The van der Waals surface area contributed by atoms with E-state index >= 15 is 0 Å². The second-order valence-electron chi connectivity index (χ2n) is 20.5. The first-order valence-corrected chi connectivity index (χ1v) is 26.7. The largest absolute Gasteiger partial charge is 0.508 e. The second kappa shape index (κ2) is 27.2. The average Bonchev–Trinajstić information content (AvgIpc) is 4.22. The molecule has 4 aromatic heterocycles. The third-order valence-electron chi connectivity index (χ3n) is 13.7. The molecule has 6 aromatic rings. The number of nitrogens with one attached hydrogen (secondary N) is 2. The molecule has 23 nitrogen and oxygen atoms in total. The maximum atomic E-state index is 14.7. The van der Waals surface area contributed by atoms with Gasteiger partial charge in [0.05, 0.1) is 68.9 Å². The van der Waals surface area contributed by atoms with Crippen molar-refractivity contribution >= 4 is 40.6 Å². The number of nitrogens with two attached hydrogens (primary N) is 2. The number of hydrogen-bond donors (Lipinski definition) is 5. The summed E-state index contributed by atoms with van der Waals surface area (Å²) in [5.41, 5.74) is 17.1. The molecule has 412 valence electrons. The first-order valence-electron chi connectivity index (χ1n) is 26.7. The van der Waals surface area contributed by atoms with Gasteiger partial charge < -0.3 is 60.7 Å². The van der Waals surface area contributed by atoms with Crippen molar-refractivity contribution in [2.24, 2.45) is 23.3 Å². The van der Waals surface area contributed by atoms with Crippen LogP contribution in [0.25, 0.3) is 10.9 Å². The molecule has 2 aromatic carbocycles. The van der Waals surface area contributed by atoms with Gasteiger partial charge in [-0.25, -0.2) is 9.36 Å². The molecule has 6 heterocycles. The van der Waals surface area contributed by atoms with Crippen LogP contribution in [-0.2, 0) is 36.6 Å². The highest BCUT2D eigenvalue weighted by Gasteiger charge is 2.34. The molecule has 0 saturated carbocycles. The fourth-order valence-corrected chi connectivity index (χ4v) is 9.57. The number of nitrogens with zero attached hydrogens (tertiary/aromatic N) is 13. The molecule has 8 rings (SSSR count). The Hall–Kier alpha value is -7.23. The molecular weight excluding hydrogens is 983 g/mol. The number of terminal acetylenes is 1. The summed E-state index contributed by atoms with van der Waals surface area (Å²) in [6, 6.07) is 15.0. The lowest BCUT2D eigenvalue weighted by atomic mass is 10.0. The molecule has 2 fully saturated rings. The topological polar surface area (TPSA) is 275 Å². The van der Waals surface area contributed by atoms with E-state index in [2.05, 4.69) is 80.4 Å². The highest BCUT2D eigenvalue weighted by molar-refractivity contribution is 5.83. The Morgan fingerprint density at radius 2 is 1.22 bits per heavy atom. The van der Waals surface area contributed by atoms with E-state index in [-0.39, 0.29) is 36.3 Å². The summed E-state index contributed by atoms with van der Waals surface area (Å²) >= 11 is 0. The van der Waals surface area contributed by atoms with E-state index in [0.29, 0.717) is 146 Å². The van der Waals surface area contributed by atoms with Crippen molar-refractivity contribution in [2.45, 2.75) is 77.5 Å². The number of piperazine rings is 2. The van der Waals surface area contributed by atoms with Gasteiger partial charge in [-0.2, -0.15) is 15.0 Å². The number of anilines is 3. The van der Waals surface area contributed by atoms with Crippen LogP contribution in [0.1, 0.15) is 87.3 Å². The number of phenolic OH excluding ortho intramolecular Hbond substituents is 1. The van der Waals surface area contributed by atoms with Crippen LogP contribution in [0, 0.1) is 24.2 Å². The third kappa shape index (κ3) is 15.5. The van der Waals surface area contributed by atoms with Crippen molar-refractivity contribution in [1.82, 2.24) is 59.7 Å². The number of carbonyl (C=O) groups excluding carboxylic acids is 2. The van der Waals surface area contributed by atoms with E-state index in [4.69, 9.17) is 47.1 Å². The maximum absolute atomic E-state index is 14.7. The number of rotatable bonds is 27. The van der Waals surface area contributed by atoms with Gasteiger partial charge in [-0.1, -0.05) is 74.4 Å². The average molecular weight is 1060 g/mol. The van der Waals surface area contributed by atoms with Crippen molar-refractivity contribution in [2.75, 3.05) is 114 Å². The molecule has 2 amide bonds. The van der Waals surface area contributed by atoms with Gasteiger partial charge in [-0.3, -0.25) is 9.59 Å².